The quantitative estimate of drug-likeness (QED) is 0.386. The van der Waals surface area contributed by atoms with Crippen LogP contribution in [0.5, 0.6) is 0 Å². The van der Waals surface area contributed by atoms with Crippen LogP contribution in [0.1, 0.15) is 37.5 Å². The Kier molecular flexibility index (Phi) is 9.69. The van der Waals surface area contributed by atoms with Gasteiger partial charge in [-0.3, -0.25) is 13.9 Å². The maximum absolute atomic E-state index is 13.9. The molecule has 7 nitrogen and oxygen atoms in total. The highest BCUT2D eigenvalue weighted by atomic mass is 32.2. The second-order valence-corrected chi connectivity index (χ2v) is 11.8. The van der Waals surface area contributed by atoms with Gasteiger partial charge in [0.05, 0.1) is 10.6 Å². The van der Waals surface area contributed by atoms with E-state index < -0.39 is 28.5 Å². The van der Waals surface area contributed by atoms with Crippen LogP contribution in [0.15, 0.2) is 83.8 Å². The van der Waals surface area contributed by atoms with Gasteiger partial charge in [0, 0.05) is 13.1 Å². The number of carbonyl (C=O) groups excluding carboxylic acids is 2. The number of hydrogen-bond acceptors (Lipinski definition) is 4. The third-order valence-electron chi connectivity index (χ3n) is 6.32. The highest BCUT2D eigenvalue weighted by Gasteiger charge is 2.33. The first-order valence-electron chi connectivity index (χ1n) is 12.8. The van der Waals surface area contributed by atoms with E-state index in [-0.39, 0.29) is 23.3 Å². The van der Waals surface area contributed by atoms with Gasteiger partial charge in [0.1, 0.15) is 12.6 Å². The van der Waals surface area contributed by atoms with Crippen LogP contribution in [0.25, 0.3) is 0 Å². The third kappa shape index (κ3) is 7.22. The average molecular weight is 536 g/mol. The summed E-state index contributed by atoms with van der Waals surface area (Å²) >= 11 is 0. The van der Waals surface area contributed by atoms with Crippen molar-refractivity contribution in [1.82, 2.24) is 10.2 Å². The number of para-hydroxylation sites is 1. The molecule has 0 spiro atoms. The number of benzene rings is 3. The van der Waals surface area contributed by atoms with Crippen molar-refractivity contribution in [2.75, 3.05) is 17.4 Å². The first kappa shape index (κ1) is 28.9. The van der Waals surface area contributed by atoms with Gasteiger partial charge in [0.15, 0.2) is 0 Å². The number of nitrogens with one attached hydrogen (secondary N) is 1. The maximum atomic E-state index is 13.9. The first-order chi connectivity index (χ1) is 18.0. The Hall–Kier alpha value is -3.65. The normalized spacial score (nSPS) is 12.2. The SMILES string of the molecule is Cc1ccc(S(=O)(=O)N(CC(=O)N(Cc2ccccc2)[C@@H](C)C(=O)NCC(C)C)c2ccccc2C)cc1. The zero-order valence-corrected chi connectivity index (χ0v) is 23.5. The molecule has 3 aromatic carbocycles. The molecule has 0 aromatic heterocycles. The van der Waals surface area contributed by atoms with Crippen molar-refractivity contribution in [3.63, 3.8) is 0 Å². The molecule has 202 valence electrons. The summed E-state index contributed by atoms with van der Waals surface area (Å²) in [6.45, 7) is 9.55. The lowest BCUT2D eigenvalue weighted by atomic mass is 10.1. The zero-order chi connectivity index (χ0) is 27.9. The molecule has 1 N–H and O–H groups in total. The molecule has 1 atom stereocenters. The summed E-state index contributed by atoms with van der Waals surface area (Å²) in [5.74, 6) is -0.507. The molecule has 0 aliphatic heterocycles. The number of carbonyl (C=O) groups is 2. The van der Waals surface area contributed by atoms with Gasteiger partial charge < -0.3 is 10.2 Å². The standard InChI is InChI=1S/C30H37N3O4S/c1-22(2)19-31-30(35)25(5)32(20-26-12-7-6-8-13-26)29(34)21-33(28-14-10-9-11-24(28)4)38(36,37)27-17-15-23(3)16-18-27/h6-18,22,25H,19-21H2,1-5H3,(H,31,35)/t25-/m0/s1. The van der Waals surface area contributed by atoms with Gasteiger partial charge in [0.25, 0.3) is 10.0 Å². The summed E-state index contributed by atoms with van der Waals surface area (Å²) in [5.41, 5.74) is 2.90. The third-order valence-corrected chi connectivity index (χ3v) is 8.09. The van der Waals surface area contributed by atoms with Crippen molar-refractivity contribution >= 4 is 27.5 Å². The first-order valence-corrected chi connectivity index (χ1v) is 14.2. The predicted molar refractivity (Wildman–Crippen MR) is 151 cm³/mol. The van der Waals surface area contributed by atoms with Crippen molar-refractivity contribution in [3.05, 3.63) is 95.6 Å². The Morgan fingerprint density at radius 1 is 0.842 bits per heavy atom. The van der Waals surface area contributed by atoms with E-state index in [1.165, 1.54) is 4.90 Å². The van der Waals surface area contributed by atoms with Crippen molar-refractivity contribution in [2.45, 2.75) is 52.1 Å². The molecule has 8 heteroatoms. The van der Waals surface area contributed by atoms with Gasteiger partial charge in [-0.05, 0) is 56.0 Å². The van der Waals surface area contributed by atoms with Gasteiger partial charge in [-0.25, -0.2) is 8.42 Å². The average Bonchev–Trinajstić information content (AvgIpc) is 2.89. The van der Waals surface area contributed by atoms with Crippen molar-refractivity contribution in [1.29, 1.82) is 0 Å². The molecule has 3 rings (SSSR count). The molecule has 0 heterocycles. The Morgan fingerprint density at radius 2 is 1.45 bits per heavy atom. The number of sulfonamides is 1. The summed E-state index contributed by atoms with van der Waals surface area (Å²) in [5, 5.41) is 2.89. The topological polar surface area (TPSA) is 86.8 Å². The lowest BCUT2D eigenvalue weighted by Crippen LogP contribution is -2.51. The van der Waals surface area contributed by atoms with Crippen LogP contribution in [0.2, 0.25) is 0 Å². The molecule has 0 bridgehead atoms. The van der Waals surface area contributed by atoms with Crippen LogP contribution in [0.4, 0.5) is 5.69 Å². The largest absolute Gasteiger partial charge is 0.354 e. The minimum Gasteiger partial charge on any atom is -0.354 e. The molecule has 0 radical (unpaired) electrons. The molecule has 3 aromatic rings. The number of rotatable bonds is 11. The highest BCUT2D eigenvalue weighted by molar-refractivity contribution is 7.92. The van der Waals surface area contributed by atoms with E-state index in [2.05, 4.69) is 5.32 Å². The van der Waals surface area contributed by atoms with Crippen LogP contribution in [-0.4, -0.2) is 44.3 Å². The van der Waals surface area contributed by atoms with Gasteiger partial charge in [-0.2, -0.15) is 0 Å². The monoisotopic (exact) mass is 535 g/mol. The molecule has 0 unspecified atom stereocenters. The second-order valence-electron chi connectivity index (χ2n) is 9.93. The van der Waals surface area contributed by atoms with Crippen molar-refractivity contribution in [3.8, 4) is 0 Å². The summed E-state index contributed by atoms with van der Waals surface area (Å²) in [7, 11) is -4.08. The minimum atomic E-state index is -4.08. The van der Waals surface area contributed by atoms with Crippen molar-refractivity contribution < 1.29 is 18.0 Å². The van der Waals surface area contributed by atoms with E-state index in [1.54, 1.807) is 56.3 Å². The van der Waals surface area contributed by atoms with E-state index in [4.69, 9.17) is 0 Å². The molecule has 2 amide bonds. The number of anilines is 1. The Labute approximate surface area is 226 Å². The minimum absolute atomic E-state index is 0.0940. The molecule has 0 saturated carbocycles. The summed E-state index contributed by atoms with van der Waals surface area (Å²) < 4.78 is 28.9. The summed E-state index contributed by atoms with van der Waals surface area (Å²) in [6.07, 6.45) is 0. The van der Waals surface area contributed by atoms with Crippen LogP contribution in [0.3, 0.4) is 0 Å². The summed E-state index contributed by atoms with van der Waals surface area (Å²) in [4.78, 5) is 28.4. The molecular weight excluding hydrogens is 498 g/mol. The van der Waals surface area contributed by atoms with Gasteiger partial charge >= 0.3 is 0 Å². The Bertz CT molecular complexity index is 1340. The lowest BCUT2D eigenvalue weighted by Gasteiger charge is -2.32. The fourth-order valence-electron chi connectivity index (χ4n) is 4.01. The number of amides is 2. The van der Waals surface area contributed by atoms with Gasteiger partial charge in [-0.15, -0.1) is 0 Å². The number of nitrogens with zero attached hydrogens (tertiary/aromatic N) is 2. The van der Waals surface area contributed by atoms with Gasteiger partial charge in [0.2, 0.25) is 11.8 Å². The van der Waals surface area contributed by atoms with Crippen LogP contribution >= 0.6 is 0 Å². The number of hydrogen-bond donors (Lipinski definition) is 1. The Balaban J connectivity index is 2.01. The smallest absolute Gasteiger partial charge is 0.264 e. The maximum Gasteiger partial charge on any atom is 0.264 e. The second kappa shape index (κ2) is 12.7. The molecular formula is C30H37N3O4S. The summed E-state index contributed by atoms with van der Waals surface area (Å²) in [6, 6.07) is 22.2. The molecule has 0 fully saturated rings. The zero-order valence-electron chi connectivity index (χ0n) is 22.7. The van der Waals surface area contributed by atoms with E-state index in [0.29, 0.717) is 17.8 Å². The molecule has 0 saturated heterocycles. The van der Waals surface area contributed by atoms with E-state index in [1.807, 2.05) is 57.2 Å². The van der Waals surface area contributed by atoms with Crippen LogP contribution in [-0.2, 0) is 26.2 Å². The fourth-order valence-corrected chi connectivity index (χ4v) is 5.49. The molecule has 0 aliphatic rings. The highest BCUT2D eigenvalue weighted by Crippen LogP contribution is 2.27. The number of aryl methyl sites for hydroxylation is 2. The molecule has 0 aliphatic carbocycles. The van der Waals surface area contributed by atoms with Crippen LogP contribution < -0.4 is 9.62 Å². The fraction of sp³-hybridized carbons (Fsp3) is 0.333. The molecule has 38 heavy (non-hydrogen) atoms. The van der Waals surface area contributed by atoms with Crippen LogP contribution in [0, 0.1) is 19.8 Å². The predicted octanol–water partition coefficient (Wildman–Crippen LogP) is 4.69. The van der Waals surface area contributed by atoms with E-state index in [0.717, 1.165) is 15.4 Å². The van der Waals surface area contributed by atoms with Crippen molar-refractivity contribution in [2.24, 2.45) is 5.92 Å². The van der Waals surface area contributed by atoms with E-state index in [9.17, 15) is 18.0 Å². The van der Waals surface area contributed by atoms with Gasteiger partial charge in [-0.1, -0.05) is 80.1 Å². The lowest BCUT2D eigenvalue weighted by molar-refractivity contribution is -0.139. The van der Waals surface area contributed by atoms with E-state index >= 15 is 0 Å². The Morgan fingerprint density at radius 3 is 2.05 bits per heavy atom.